The first-order chi connectivity index (χ1) is 9.42. The maximum Gasteiger partial charge on any atom is 0.240 e. The first-order valence-electron chi connectivity index (χ1n) is 6.30. The second-order valence-corrected chi connectivity index (χ2v) is 8.24. The van der Waals surface area contributed by atoms with Crippen molar-refractivity contribution in [3.8, 4) is 6.07 Å². The molecule has 0 unspecified atom stereocenters. The number of aryl methyl sites for hydroxylation is 1. The topological polar surface area (TPSA) is 87.0 Å². The van der Waals surface area contributed by atoms with Gasteiger partial charge in [-0.15, -0.1) is 0 Å². The molecule has 1 aromatic rings. The summed E-state index contributed by atoms with van der Waals surface area (Å²) in [6, 6.07) is 6.31. The molecular weight excluding hydrogens is 296 g/mol. The van der Waals surface area contributed by atoms with Crippen LogP contribution in [0.25, 0.3) is 0 Å². The summed E-state index contributed by atoms with van der Waals surface area (Å²) in [4.78, 5) is 0.167. The molecule has 0 aliphatic carbocycles. The second-order valence-electron chi connectivity index (χ2n) is 4.83. The Morgan fingerprint density at radius 1 is 1.35 bits per heavy atom. The van der Waals surface area contributed by atoms with Gasteiger partial charge in [-0.2, -0.15) is 5.26 Å². The Morgan fingerprint density at radius 3 is 2.55 bits per heavy atom. The minimum absolute atomic E-state index is 0.159. The zero-order chi connectivity index (χ0) is 14.8. The van der Waals surface area contributed by atoms with E-state index in [-0.39, 0.29) is 10.9 Å². The van der Waals surface area contributed by atoms with Crippen molar-refractivity contribution >= 4 is 20.8 Å². The van der Waals surface area contributed by atoms with E-state index in [2.05, 4.69) is 4.72 Å². The largest absolute Gasteiger partial charge is 0.260 e. The van der Waals surface area contributed by atoms with Crippen molar-refractivity contribution in [3.05, 3.63) is 29.3 Å². The van der Waals surface area contributed by atoms with Crippen LogP contribution in [-0.4, -0.2) is 30.2 Å². The molecule has 0 spiro atoms. The van der Waals surface area contributed by atoms with Crippen LogP contribution in [0.1, 0.15) is 24.0 Å². The molecule has 1 fully saturated rings. The first-order valence-corrected chi connectivity index (χ1v) is 9.27. The summed E-state index contributed by atoms with van der Waals surface area (Å²) in [5.41, 5.74) is 1.11. The van der Waals surface area contributed by atoms with Gasteiger partial charge in [0.1, 0.15) is 0 Å². The van der Waals surface area contributed by atoms with Crippen LogP contribution in [0.2, 0.25) is 0 Å². The smallest absolute Gasteiger partial charge is 0.240 e. The highest BCUT2D eigenvalue weighted by atomic mass is 32.2. The van der Waals surface area contributed by atoms with Crippen molar-refractivity contribution in [2.45, 2.75) is 30.7 Å². The summed E-state index contributed by atoms with van der Waals surface area (Å²) in [6.07, 6.45) is 1.20. The van der Waals surface area contributed by atoms with E-state index >= 15 is 0 Å². The van der Waals surface area contributed by atoms with Crippen LogP contribution in [0.15, 0.2) is 23.1 Å². The molecule has 0 atom stereocenters. The molecule has 7 heteroatoms. The molecule has 1 saturated heterocycles. The van der Waals surface area contributed by atoms with Gasteiger partial charge in [0.25, 0.3) is 0 Å². The third kappa shape index (κ3) is 3.45. The van der Waals surface area contributed by atoms with E-state index in [1.54, 1.807) is 6.92 Å². The Balaban J connectivity index is 2.16. The molecule has 20 heavy (non-hydrogen) atoms. The summed E-state index contributed by atoms with van der Waals surface area (Å²) in [5, 5.41) is 8.85. The fourth-order valence-electron chi connectivity index (χ4n) is 2.13. The Bertz CT molecular complexity index is 667. The third-order valence-corrected chi connectivity index (χ3v) is 6.24. The van der Waals surface area contributed by atoms with Gasteiger partial charge in [-0.25, -0.2) is 13.1 Å². The molecular formula is C13H16N2O3S2. The Labute approximate surface area is 121 Å². The highest BCUT2D eigenvalue weighted by Gasteiger charge is 2.24. The first kappa shape index (κ1) is 15.2. The van der Waals surface area contributed by atoms with Crippen LogP contribution in [0, 0.1) is 18.3 Å². The van der Waals surface area contributed by atoms with Crippen LogP contribution in [0.4, 0.5) is 0 Å². The molecule has 2 rings (SSSR count). The quantitative estimate of drug-likeness (QED) is 0.904. The van der Waals surface area contributed by atoms with E-state index in [1.165, 1.54) is 18.2 Å². The minimum atomic E-state index is -3.58. The number of sulfonamides is 1. The number of nitriles is 1. The normalized spacial score (nSPS) is 23.2. The molecule has 1 aliphatic rings. The molecule has 1 aliphatic heterocycles. The van der Waals surface area contributed by atoms with Gasteiger partial charge in [0.05, 0.1) is 16.5 Å². The summed E-state index contributed by atoms with van der Waals surface area (Å²) in [7, 11) is -4.40. The minimum Gasteiger partial charge on any atom is -0.260 e. The van der Waals surface area contributed by atoms with Crippen LogP contribution < -0.4 is 4.72 Å². The third-order valence-electron chi connectivity index (χ3n) is 3.34. The molecule has 0 amide bonds. The van der Waals surface area contributed by atoms with Crippen molar-refractivity contribution < 1.29 is 12.6 Å². The summed E-state index contributed by atoms with van der Waals surface area (Å²) >= 11 is 0. The summed E-state index contributed by atoms with van der Waals surface area (Å²) < 4.78 is 38.4. The molecule has 0 bridgehead atoms. The van der Waals surface area contributed by atoms with Gasteiger partial charge >= 0.3 is 0 Å². The molecule has 1 heterocycles. The number of rotatable bonds is 3. The monoisotopic (exact) mass is 312 g/mol. The zero-order valence-corrected chi connectivity index (χ0v) is 12.8. The lowest BCUT2D eigenvalue weighted by atomic mass is 10.1. The fraction of sp³-hybridized carbons (Fsp3) is 0.462. The summed E-state index contributed by atoms with van der Waals surface area (Å²) in [6.45, 7) is 1.71. The lowest BCUT2D eigenvalue weighted by Gasteiger charge is -2.22. The number of nitrogens with one attached hydrogen (secondary N) is 1. The van der Waals surface area contributed by atoms with Gasteiger partial charge in [0, 0.05) is 28.3 Å². The fourth-order valence-corrected chi connectivity index (χ4v) is 4.82. The van der Waals surface area contributed by atoms with E-state index in [0.717, 1.165) is 0 Å². The van der Waals surface area contributed by atoms with Crippen molar-refractivity contribution in [2.24, 2.45) is 0 Å². The van der Waals surface area contributed by atoms with E-state index < -0.39 is 20.8 Å². The van der Waals surface area contributed by atoms with E-state index in [4.69, 9.17) is 5.26 Å². The van der Waals surface area contributed by atoms with Gasteiger partial charge in [-0.1, -0.05) is 0 Å². The molecule has 5 nitrogen and oxygen atoms in total. The van der Waals surface area contributed by atoms with Crippen molar-refractivity contribution in [1.82, 2.24) is 4.72 Å². The Morgan fingerprint density at radius 2 is 2.00 bits per heavy atom. The van der Waals surface area contributed by atoms with Gasteiger partial charge in [-0.05, 0) is 43.5 Å². The predicted octanol–water partition coefficient (Wildman–Crippen LogP) is 1.06. The van der Waals surface area contributed by atoms with E-state index in [9.17, 15) is 12.6 Å². The molecule has 0 saturated carbocycles. The highest BCUT2D eigenvalue weighted by Crippen LogP contribution is 2.17. The average Bonchev–Trinajstić information content (AvgIpc) is 2.41. The molecule has 1 N–H and O–H groups in total. The Kier molecular flexibility index (Phi) is 4.58. The summed E-state index contributed by atoms with van der Waals surface area (Å²) in [5.74, 6) is 1.08. The maximum absolute atomic E-state index is 12.3. The van der Waals surface area contributed by atoms with E-state index in [0.29, 0.717) is 35.5 Å². The second kappa shape index (κ2) is 6.04. The number of hydrogen-bond donors (Lipinski definition) is 1. The molecule has 1 aromatic carbocycles. The number of benzene rings is 1. The van der Waals surface area contributed by atoms with Gasteiger partial charge in [0.15, 0.2) is 0 Å². The van der Waals surface area contributed by atoms with Crippen molar-refractivity contribution in [3.63, 3.8) is 0 Å². The standard InChI is InChI=1S/C13H16N2O3S2/c1-10-8-13(3-2-11(10)9-14)20(17,18)15-12-4-6-19(16)7-5-12/h2-3,8,12,15H,4-7H2,1H3. The SMILES string of the molecule is Cc1cc(S(=O)(=O)NC2CCS(=O)CC2)ccc1C#N. The van der Waals surface area contributed by atoms with E-state index in [1.807, 2.05) is 6.07 Å². The van der Waals surface area contributed by atoms with Crippen LogP contribution >= 0.6 is 0 Å². The predicted molar refractivity (Wildman–Crippen MR) is 77.1 cm³/mol. The molecule has 0 radical (unpaired) electrons. The molecule has 0 aromatic heterocycles. The van der Waals surface area contributed by atoms with Crippen LogP contribution in [-0.2, 0) is 20.8 Å². The van der Waals surface area contributed by atoms with Crippen molar-refractivity contribution in [2.75, 3.05) is 11.5 Å². The van der Waals surface area contributed by atoms with Crippen molar-refractivity contribution in [1.29, 1.82) is 5.26 Å². The highest BCUT2D eigenvalue weighted by molar-refractivity contribution is 7.89. The van der Waals surface area contributed by atoms with Crippen LogP contribution in [0.3, 0.4) is 0 Å². The Hall–Kier alpha value is -1.23. The van der Waals surface area contributed by atoms with Crippen LogP contribution in [0.5, 0.6) is 0 Å². The molecule has 108 valence electrons. The number of hydrogen-bond acceptors (Lipinski definition) is 4. The van der Waals surface area contributed by atoms with Gasteiger partial charge in [-0.3, -0.25) is 4.21 Å². The zero-order valence-electron chi connectivity index (χ0n) is 11.1. The maximum atomic E-state index is 12.3. The van der Waals surface area contributed by atoms with Gasteiger partial charge < -0.3 is 0 Å². The lowest BCUT2D eigenvalue weighted by Crippen LogP contribution is -2.39. The van der Waals surface area contributed by atoms with Gasteiger partial charge in [0.2, 0.25) is 10.0 Å². The average molecular weight is 312 g/mol. The lowest BCUT2D eigenvalue weighted by molar-refractivity contribution is 0.522. The number of nitrogens with zero attached hydrogens (tertiary/aromatic N) is 1.